The highest BCUT2D eigenvalue weighted by molar-refractivity contribution is 8.26. The van der Waals surface area contributed by atoms with Gasteiger partial charge in [0, 0.05) is 36.1 Å². The van der Waals surface area contributed by atoms with Gasteiger partial charge in [-0.2, -0.15) is 0 Å². The molecule has 1 fully saturated rings. The Labute approximate surface area is 168 Å². The standard InChI is InChI=1S/C18H25ClN6OS/c1-11(2)24-16-10-25(5-6-26-16)18(23)27-17(22)14-4-3-12(7-15(14)19)13(8-20)9-21/h3-4,7-9,11,16,20,22-24H,5-6,10,21H2,1-2H3/b13-9+,20-8?,22-17?,23-18?. The number of halogens is 1. The summed E-state index contributed by atoms with van der Waals surface area (Å²) in [4.78, 5) is 1.90. The average molecular weight is 409 g/mol. The summed E-state index contributed by atoms with van der Waals surface area (Å²) in [5.41, 5.74) is 7.31. The fourth-order valence-corrected chi connectivity index (χ4v) is 3.74. The van der Waals surface area contributed by atoms with E-state index in [4.69, 9.17) is 38.3 Å². The van der Waals surface area contributed by atoms with Gasteiger partial charge in [-0.25, -0.2) is 0 Å². The zero-order valence-electron chi connectivity index (χ0n) is 15.4. The van der Waals surface area contributed by atoms with E-state index < -0.39 is 0 Å². The summed E-state index contributed by atoms with van der Waals surface area (Å²) < 4.78 is 5.67. The summed E-state index contributed by atoms with van der Waals surface area (Å²) in [6.07, 6.45) is 2.37. The minimum absolute atomic E-state index is 0.126. The third-order valence-corrected chi connectivity index (χ3v) is 5.14. The number of thioether (sulfide) groups is 1. The van der Waals surface area contributed by atoms with Gasteiger partial charge in [-0.3, -0.25) is 16.1 Å². The summed E-state index contributed by atoms with van der Waals surface area (Å²) in [5.74, 6) is 0. The van der Waals surface area contributed by atoms with Crippen LogP contribution in [0.15, 0.2) is 24.4 Å². The SMILES string of the molecule is CC(C)NC1CN(C(=N)SC(=N)c2ccc(/C(C=N)=C/N)cc2Cl)CCO1. The molecule has 1 aliphatic heterocycles. The molecular weight excluding hydrogens is 384 g/mol. The van der Waals surface area contributed by atoms with E-state index in [1.54, 1.807) is 18.2 Å². The van der Waals surface area contributed by atoms with E-state index in [1.165, 1.54) is 6.20 Å². The zero-order valence-corrected chi connectivity index (χ0v) is 17.0. The topological polar surface area (TPSA) is 122 Å². The van der Waals surface area contributed by atoms with Crippen LogP contribution in [0.25, 0.3) is 5.57 Å². The van der Waals surface area contributed by atoms with Gasteiger partial charge in [-0.05, 0) is 37.2 Å². The van der Waals surface area contributed by atoms with Crippen molar-refractivity contribution in [1.29, 1.82) is 16.2 Å². The van der Waals surface area contributed by atoms with Gasteiger partial charge in [0.2, 0.25) is 0 Å². The molecule has 1 unspecified atom stereocenters. The van der Waals surface area contributed by atoms with Crippen molar-refractivity contribution in [3.63, 3.8) is 0 Å². The van der Waals surface area contributed by atoms with E-state index >= 15 is 0 Å². The van der Waals surface area contributed by atoms with Crippen LogP contribution in [0, 0.1) is 16.2 Å². The van der Waals surface area contributed by atoms with Crippen LogP contribution in [0.3, 0.4) is 0 Å². The van der Waals surface area contributed by atoms with Gasteiger partial charge in [0.15, 0.2) is 5.17 Å². The Bertz CT molecular complexity index is 751. The fraction of sp³-hybridized carbons (Fsp3) is 0.389. The average Bonchev–Trinajstić information content (AvgIpc) is 2.62. The first kappa shape index (κ1) is 21.4. The molecule has 27 heavy (non-hydrogen) atoms. The van der Waals surface area contributed by atoms with Crippen LogP contribution in [-0.4, -0.2) is 53.3 Å². The fourth-order valence-electron chi connectivity index (χ4n) is 2.63. The summed E-state index contributed by atoms with van der Waals surface area (Å²) in [7, 11) is 0. The van der Waals surface area contributed by atoms with Crippen LogP contribution in [0.5, 0.6) is 0 Å². The van der Waals surface area contributed by atoms with Gasteiger partial charge >= 0.3 is 0 Å². The second-order valence-electron chi connectivity index (χ2n) is 6.32. The first-order valence-electron chi connectivity index (χ1n) is 8.56. The Morgan fingerprint density at radius 2 is 2.19 bits per heavy atom. The van der Waals surface area contributed by atoms with E-state index in [0.29, 0.717) is 52.6 Å². The minimum atomic E-state index is -0.126. The smallest absolute Gasteiger partial charge is 0.162 e. The Morgan fingerprint density at radius 3 is 2.78 bits per heavy atom. The summed E-state index contributed by atoms with van der Waals surface area (Å²) in [6.45, 7) is 5.81. The first-order chi connectivity index (χ1) is 12.8. The lowest BCUT2D eigenvalue weighted by atomic mass is 10.1. The molecule has 6 N–H and O–H groups in total. The Hall–Kier alpha value is -1.87. The van der Waals surface area contributed by atoms with Crippen LogP contribution in [0.2, 0.25) is 5.02 Å². The van der Waals surface area contributed by atoms with Crippen molar-refractivity contribution in [3.05, 3.63) is 40.5 Å². The normalized spacial score (nSPS) is 17.9. The maximum absolute atomic E-state index is 8.34. The molecule has 1 atom stereocenters. The lowest BCUT2D eigenvalue weighted by Crippen LogP contribution is -2.52. The molecule has 146 valence electrons. The van der Waals surface area contributed by atoms with E-state index in [0.717, 1.165) is 18.0 Å². The number of amidine groups is 1. The molecule has 0 spiro atoms. The molecule has 9 heteroatoms. The zero-order chi connectivity index (χ0) is 20.0. The third kappa shape index (κ3) is 5.80. The Kier molecular flexibility index (Phi) is 7.85. The molecule has 2 rings (SSSR count). The number of benzene rings is 1. The van der Waals surface area contributed by atoms with Gasteiger partial charge in [-0.15, -0.1) is 0 Å². The van der Waals surface area contributed by atoms with Gasteiger partial charge < -0.3 is 20.8 Å². The maximum atomic E-state index is 8.34. The number of rotatable bonds is 5. The van der Waals surface area contributed by atoms with Crippen LogP contribution < -0.4 is 11.1 Å². The third-order valence-electron chi connectivity index (χ3n) is 3.95. The van der Waals surface area contributed by atoms with Crippen LogP contribution in [0.1, 0.15) is 25.0 Å². The first-order valence-corrected chi connectivity index (χ1v) is 9.75. The second-order valence-corrected chi connectivity index (χ2v) is 7.73. The van der Waals surface area contributed by atoms with E-state index in [2.05, 4.69) is 5.32 Å². The van der Waals surface area contributed by atoms with Crippen molar-refractivity contribution >= 4 is 45.4 Å². The van der Waals surface area contributed by atoms with Crippen molar-refractivity contribution in [2.75, 3.05) is 19.7 Å². The van der Waals surface area contributed by atoms with Crippen molar-refractivity contribution in [2.45, 2.75) is 26.1 Å². The highest BCUT2D eigenvalue weighted by atomic mass is 35.5. The monoisotopic (exact) mass is 408 g/mol. The van der Waals surface area contributed by atoms with Crippen molar-refractivity contribution in [2.24, 2.45) is 5.73 Å². The molecule has 0 radical (unpaired) electrons. The van der Waals surface area contributed by atoms with Gasteiger partial charge in [0.1, 0.15) is 11.3 Å². The molecular formula is C18H25ClN6OS. The Balaban J connectivity index is 2.04. The van der Waals surface area contributed by atoms with Crippen molar-refractivity contribution in [1.82, 2.24) is 10.2 Å². The predicted octanol–water partition coefficient (Wildman–Crippen LogP) is 2.94. The second kappa shape index (κ2) is 9.89. The summed E-state index contributed by atoms with van der Waals surface area (Å²) in [5, 5.41) is 28.2. The maximum Gasteiger partial charge on any atom is 0.162 e. The quantitative estimate of drug-likeness (QED) is 0.378. The highest BCUT2D eigenvalue weighted by Crippen LogP contribution is 2.26. The lowest BCUT2D eigenvalue weighted by Gasteiger charge is -2.35. The number of morpholine rings is 1. The van der Waals surface area contributed by atoms with Crippen molar-refractivity contribution < 1.29 is 4.74 Å². The van der Waals surface area contributed by atoms with Crippen LogP contribution in [-0.2, 0) is 4.74 Å². The minimum Gasteiger partial charge on any atom is -0.404 e. The number of hydrogen-bond donors (Lipinski definition) is 5. The molecule has 1 saturated heterocycles. The molecule has 7 nitrogen and oxygen atoms in total. The summed E-state index contributed by atoms with van der Waals surface area (Å²) in [6, 6.07) is 5.45. The number of nitrogens with zero attached hydrogens (tertiary/aromatic N) is 1. The molecule has 1 aliphatic rings. The number of allylic oxidation sites excluding steroid dienone is 1. The highest BCUT2D eigenvalue weighted by Gasteiger charge is 2.24. The molecule has 0 bridgehead atoms. The van der Waals surface area contributed by atoms with Gasteiger partial charge in [0.05, 0.1) is 18.2 Å². The molecule has 1 heterocycles. The number of hydrogen-bond acceptors (Lipinski definition) is 7. The van der Waals surface area contributed by atoms with Gasteiger partial charge in [-0.1, -0.05) is 23.7 Å². The number of nitrogens with two attached hydrogens (primary N) is 1. The van der Waals surface area contributed by atoms with E-state index in [-0.39, 0.29) is 11.3 Å². The van der Waals surface area contributed by atoms with Crippen LogP contribution in [0.4, 0.5) is 0 Å². The van der Waals surface area contributed by atoms with E-state index in [1.807, 2.05) is 18.7 Å². The Morgan fingerprint density at radius 1 is 1.44 bits per heavy atom. The largest absolute Gasteiger partial charge is 0.404 e. The molecule has 0 aliphatic carbocycles. The van der Waals surface area contributed by atoms with Crippen LogP contribution >= 0.6 is 23.4 Å². The molecule has 1 aromatic rings. The predicted molar refractivity (Wildman–Crippen MR) is 114 cm³/mol. The van der Waals surface area contributed by atoms with E-state index in [9.17, 15) is 0 Å². The molecule has 0 amide bonds. The lowest BCUT2D eigenvalue weighted by molar-refractivity contribution is -0.0280. The number of ether oxygens (including phenoxy) is 1. The van der Waals surface area contributed by atoms with Gasteiger partial charge in [0.25, 0.3) is 0 Å². The molecule has 1 aromatic carbocycles. The van der Waals surface area contributed by atoms with Crippen molar-refractivity contribution in [3.8, 4) is 0 Å². The number of nitrogens with one attached hydrogen (secondary N) is 4. The molecule has 0 saturated carbocycles. The summed E-state index contributed by atoms with van der Waals surface area (Å²) >= 11 is 7.38. The molecule has 0 aromatic heterocycles.